The van der Waals surface area contributed by atoms with Gasteiger partial charge in [-0.05, 0) is 47.5 Å². The number of H-pyrrole nitrogens is 1. The molecule has 2 aromatic rings. The number of halogens is 2. The first-order valence-electron chi connectivity index (χ1n) is 5.61. The van der Waals surface area contributed by atoms with Gasteiger partial charge in [0.25, 0.3) is 5.91 Å². The number of amides is 1. The SMILES string of the molecule is Cc1cc(C(=O)N[C@@H](C)c2ncn[nH]2)cc(Cl)c1Br. The topological polar surface area (TPSA) is 70.7 Å². The highest BCUT2D eigenvalue weighted by Crippen LogP contribution is 2.27. The molecule has 0 unspecified atom stereocenters. The number of nitrogens with zero attached hydrogens (tertiary/aromatic N) is 2. The van der Waals surface area contributed by atoms with Crippen molar-refractivity contribution >= 4 is 33.4 Å². The van der Waals surface area contributed by atoms with Crippen LogP contribution in [0.3, 0.4) is 0 Å². The Labute approximate surface area is 123 Å². The summed E-state index contributed by atoms with van der Waals surface area (Å²) in [5, 5.41) is 9.80. The lowest BCUT2D eigenvalue weighted by molar-refractivity contribution is 0.0938. The van der Waals surface area contributed by atoms with Gasteiger partial charge in [-0.1, -0.05) is 11.6 Å². The predicted molar refractivity (Wildman–Crippen MR) is 76.2 cm³/mol. The summed E-state index contributed by atoms with van der Waals surface area (Å²) in [6.45, 7) is 3.71. The fraction of sp³-hybridized carbons (Fsp3) is 0.250. The molecule has 2 N–H and O–H groups in total. The second-order valence-electron chi connectivity index (χ2n) is 4.15. The standard InChI is InChI=1S/C12H12BrClN4O/c1-6-3-8(4-9(14)10(6)13)12(19)17-7(2)11-15-5-16-18-11/h3-5,7H,1-2H3,(H,17,19)(H,15,16,18)/t7-/m0/s1. The van der Waals surface area contributed by atoms with Gasteiger partial charge in [0, 0.05) is 10.0 Å². The Kier molecular flexibility index (Phi) is 4.21. The molecule has 19 heavy (non-hydrogen) atoms. The van der Waals surface area contributed by atoms with Gasteiger partial charge in [-0.25, -0.2) is 4.98 Å². The summed E-state index contributed by atoms with van der Waals surface area (Å²) in [5.41, 5.74) is 1.42. The first-order chi connectivity index (χ1) is 8.99. The number of carbonyl (C=O) groups is 1. The molecule has 2 rings (SSSR count). The van der Waals surface area contributed by atoms with Crippen LogP contribution in [-0.4, -0.2) is 21.1 Å². The molecule has 1 amide bonds. The molecular weight excluding hydrogens is 332 g/mol. The quantitative estimate of drug-likeness (QED) is 0.900. The van der Waals surface area contributed by atoms with Gasteiger partial charge in [0.1, 0.15) is 12.2 Å². The van der Waals surface area contributed by atoms with Crippen LogP contribution in [0.2, 0.25) is 5.02 Å². The van der Waals surface area contributed by atoms with Crippen LogP contribution < -0.4 is 5.32 Å². The Bertz CT molecular complexity index is 577. The van der Waals surface area contributed by atoms with Gasteiger partial charge in [0.2, 0.25) is 0 Å². The molecule has 0 saturated carbocycles. The number of nitrogens with one attached hydrogen (secondary N) is 2. The zero-order valence-electron chi connectivity index (χ0n) is 10.4. The van der Waals surface area contributed by atoms with Crippen molar-refractivity contribution in [3.8, 4) is 0 Å². The second-order valence-corrected chi connectivity index (χ2v) is 5.36. The molecule has 0 aliphatic heterocycles. The number of hydrogen-bond acceptors (Lipinski definition) is 3. The maximum atomic E-state index is 12.1. The second kappa shape index (κ2) is 5.71. The molecule has 0 saturated heterocycles. The molecule has 0 aliphatic rings. The van der Waals surface area contributed by atoms with E-state index >= 15 is 0 Å². The van der Waals surface area contributed by atoms with Crippen molar-refractivity contribution in [3.05, 3.63) is 44.9 Å². The van der Waals surface area contributed by atoms with E-state index in [1.807, 2.05) is 13.8 Å². The van der Waals surface area contributed by atoms with E-state index in [1.165, 1.54) is 6.33 Å². The lowest BCUT2D eigenvalue weighted by Crippen LogP contribution is -2.27. The Morgan fingerprint density at radius 2 is 2.26 bits per heavy atom. The van der Waals surface area contributed by atoms with Gasteiger partial charge >= 0.3 is 0 Å². The third-order valence-electron chi connectivity index (χ3n) is 2.66. The Balaban J connectivity index is 2.16. The van der Waals surface area contributed by atoms with Crippen molar-refractivity contribution < 1.29 is 4.79 Å². The first-order valence-corrected chi connectivity index (χ1v) is 6.78. The largest absolute Gasteiger partial charge is 0.342 e. The Hall–Kier alpha value is -1.40. The molecule has 7 heteroatoms. The van der Waals surface area contributed by atoms with Crippen molar-refractivity contribution in [3.63, 3.8) is 0 Å². The average Bonchev–Trinajstić information content (AvgIpc) is 2.89. The third kappa shape index (κ3) is 3.13. The van der Waals surface area contributed by atoms with E-state index in [0.717, 1.165) is 10.0 Å². The lowest BCUT2D eigenvalue weighted by Gasteiger charge is -2.12. The number of aromatic nitrogens is 3. The van der Waals surface area contributed by atoms with Crippen LogP contribution in [0.5, 0.6) is 0 Å². The number of rotatable bonds is 3. The minimum atomic E-state index is -0.252. The minimum absolute atomic E-state index is 0.207. The molecule has 0 bridgehead atoms. The minimum Gasteiger partial charge on any atom is -0.342 e. The zero-order chi connectivity index (χ0) is 14.0. The van der Waals surface area contributed by atoms with Crippen molar-refractivity contribution in [2.75, 3.05) is 0 Å². The summed E-state index contributed by atoms with van der Waals surface area (Å²) in [7, 11) is 0. The van der Waals surface area contributed by atoms with Gasteiger partial charge < -0.3 is 5.32 Å². The van der Waals surface area contributed by atoms with E-state index < -0.39 is 0 Å². The van der Waals surface area contributed by atoms with E-state index in [1.54, 1.807) is 12.1 Å². The van der Waals surface area contributed by atoms with Gasteiger partial charge in [-0.2, -0.15) is 5.10 Å². The number of aromatic amines is 1. The summed E-state index contributed by atoms with van der Waals surface area (Å²) in [4.78, 5) is 16.1. The van der Waals surface area contributed by atoms with Crippen molar-refractivity contribution in [2.45, 2.75) is 19.9 Å². The summed E-state index contributed by atoms with van der Waals surface area (Å²) in [6.07, 6.45) is 1.40. The molecule has 100 valence electrons. The first kappa shape index (κ1) is 14.0. The van der Waals surface area contributed by atoms with E-state index in [0.29, 0.717) is 16.4 Å². The summed E-state index contributed by atoms with van der Waals surface area (Å²) >= 11 is 9.40. The molecule has 0 aliphatic carbocycles. The van der Waals surface area contributed by atoms with Crippen LogP contribution >= 0.6 is 27.5 Å². The fourth-order valence-electron chi connectivity index (χ4n) is 1.63. The van der Waals surface area contributed by atoms with Gasteiger partial charge in [0.05, 0.1) is 11.1 Å². The number of aryl methyl sites for hydroxylation is 1. The van der Waals surface area contributed by atoms with Crippen molar-refractivity contribution in [2.24, 2.45) is 0 Å². The van der Waals surface area contributed by atoms with Crippen LogP contribution in [0.15, 0.2) is 22.9 Å². The number of carbonyl (C=O) groups excluding carboxylic acids is 1. The molecule has 1 aromatic carbocycles. The average molecular weight is 344 g/mol. The van der Waals surface area contributed by atoms with E-state index in [2.05, 4.69) is 36.4 Å². The molecule has 0 fully saturated rings. The normalized spacial score (nSPS) is 12.2. The Morgan fingerprint density at radius 1 is 1.53 bits per heavy atom. The number of hydrogen-bond donors (Lipinski definition) is 2. The van der Waals surface area contributed by atoms with Gasteiger partial charge in [-0.3, -0.25) is 9.89 Å². The maximum absolute atomic E-state index is 12.1. The third-order valence-corrected chi connectivity index (χ3v) is 4.24. The molecule has 0 radical (unpaired) electrons. The van der Waals surface area contributed by atoms with E-state index in [4.69, 9.17) is 11.6 Å². The molecule has 1 aromatic heterocycles. The molecule has 0 spiro atoms. The maximum Gasteiger partial charge on any atom is 0.251 e. The van der Waals surface area contributed by atoms with E-state index in [9.17, 15) is 4.79 Å². The van der Waals surface area contributed by atoms with Gasteiger partial charge in [0.15, 0.2) is 0 Å². The molecule has 1 heterocycles. The predicted octanol–water partition coefficient (Wildman–Crippen LogP) is 3.02. The molecule has 1 atom stereocenters. The highest BCUT2D eigenvalue weighted by atomic mass is 79.9. The van der Waals surface area contributed by atoms with Crippen LogP contribution in [-0.2, 0) is 0 Å². The van der Waals surface area contributed by atoms with Gasteiger partial charge in [-0.15, -0.1) is 0 Å². The molecule has 5 nitrogen and oxygen atoms in total. The highest BCUT2D eigenvalue weighted by Gasteiger charge is 2.15. The fourth-order valence-corrected chi connectivity index (χ4v) is 2.13. The van der Waals surface area contributed by atoms with Crippen molar-refractivity contribution in [1.82, 2.24) is 20.5 Å². The highest BCUT2D eigenvalue weighted by molar-refractivity contribution is 9.10. The van der Waals surface area contributed by atoms with E-state index in [-0.39, 0.29) is 11.9 Å². The number of benzene rings is 1. The van der Waals surface area contributed by atoms with Crippen molar-refractivity contribution in [1.29, 1.82) is 0 Å². The van der Waals surface area contributed by atoms with Crippen LogP contribution in [0.1, 0.15) is 34.7 Å². The van der Waals surface area contributed by atoms with Crippen LogP contribution in [0.4, 0.5) is 0 Å². The summed E-state index contributed by atoms with van der Waals surface area (Å²) < 4.78 is 0.800. The monoisotopic (exact) mass is 342 g/mol. The summed E-state index contributed by atoms with van der Waals surface area (Å²) in [5.74, 6) is 0.398. The lowest BCUT2D eigenvalue weighted by atomic mass is 10.1. The summed E-state index contributed by atoms with van der Waals surface area (Å²) in [6, 6.07) is 3.15. The van der Waals surface area contributed by atoms with Crippen LogP contribution in [0, 0.1) is 6.92 Å². The smallest absolute Gasteiger partial charge is 0.251 e. The zero-order valence-corrected chi connectivity index (χ0v) is 12.7. The molecular formula is C12H12BrClN4O. The van der Waals surface area contributed by atoms with Crippen LogP contribution in [0.25, 0.3) is 0 Å². The Morgan fingerprint density at radius 3 is 2.84 bits per heavy atom.